The molecule has 0 atom stereocenters. The lowest BCUT2D eigenvalue weighted by atomic mass is 10.2. The minimum atomic E-state index is 0.814. The SMILES string of the molecule is c1csc(Cc2nc3c4c(ncn3n2)CCC4)c1. The van der Waals surface area contributed by atoms with Gasteiger partial charge < -0.3 is 0 Å². The molecule has 90 valence electrons. The molecule has 1 aliphatic carbocycles. The number of thiophene rings is 1. The third kappa shape index (κ3) is 1.54. The van der Waals surface area contributed by atoms with Gasteiger partial charge in [0.2, 0.25) is 0 Å². The van der Waals surface area contributed by atoms with Gasteiger partial charge in [-0.2, -0.15) is 0 Å². The van der Waals surface area contributed by atoms with Crippen LogP contribution in [0.15, 0.2) is 23.8 Å². The lowest BCUT2D eigenvalue weighted by molar-refractivity contribution is 0.864. The van der Waals surface area contributed by atoms with E-state index < -0.39 is 0 Å². The van der Waals surface area contributed by atoms with Crippen molar-refractivity contribution in [3.63, 3.8) is 0 Å². The Bertz CT molecular complexity index is 699. The summed E-state index contributed by atoms with van der Waals surface area (Å²) in [6.45, 7) is 0. The summed E-state index contributed by atoms with van der Waals surface area (Å²) < 4.78 is 1.83. The lowest BCUT2D eigenvalue weighted by Crippen LogP contribution is -1.96. The van der Waals surface area contributed by atoms with Gasteiger partial charge in [0.1, 0.15) is 6.33 Å². The molecule has 0 spiro atoms. The van der Waals surface area contributed by atoms with Crippen molar-refractivity contribution in [3.05, 3.63) is 45.8 Å². The maximum atomic E-state index is 4.68. The first kappa shape index (κ1) is 10.2. The molecule has 0 bridgehead atoms. The van der Waals surface area contributed by atoms with E-state index in [-0.39, 0.29) is 0 Å². The molecule has 1 aliphatic rings. The third-order valence-electron chi connectivity index (χ3n) is 3.37. The summed E-state index contributed by atoms with van der Waals surface area (Å²) in [5.74, 6) is 0.888. The predicted octanol–water partition coefficient (Wildman–Crippen LogP) is 2.27. The predicted molar refractivity (Wildman–Crippen MR) is 69.9 cm³/mol. The van der Waals surface area contributed by atoms with Gasteiger partial charge >= 0.3 is 0 Å². The molecule has 3 heterocycles. The van der Waals surface area contributed by atoms with Crippen LogP contribution < -0.4 is 0 Å². The molecule has 0 radical (unpaired) electrons. The van der Waals surface area contributed by atoms with Gasteiger partial charge in [-0.1, -0.05) is 6.07 Å². The van der Waals surface area contributed by atoms with E-state index in [1.54, 1.807) is 17.7 Å². The summed E-state index contributed by atoms with van der Waals surface area (Å²) in [6, 6.07) is 4.19. The van der Waals surface area contributed by atoms with E-state index in [4.69, 9.17) is 0 Å². The van der Waals surface area contributed by atoms with Crippen molar-refractivity contribution in [3.8, 4) is 0 Å². The zero-order valence-electron chi connectivity index (χ0n) is 9.83. The van der Waals surface area contributed by atoms with E-state index in [0.717, 1.165) is 30.7 Å². The Balaban J connectivity index is 1.80. The molecule has 3 aromatic heterocycles. The third-order valence-corrected chi connectivity index (χ3v) is 4.25. The van der Waals surface area contributed by atoms with Crippen molar-refractivity contribution in [2.45, 2.75) is 25.7 Å². The molecule has 18 heavy (non-hydrogen) atoms. The fourth-order valence-corrected chi connectivity index (χ4v) is 3.23. The molecule has 4 nitrogen and oxygen atoms in total. The highest BCUT2D eigenvalue weighted by molar-refractivity contribution is 7.09. The Labute approximate surface area is 108 Å². The maximum absolute atomic E-state index is 4.68. The summed E-state index contributed by atoms with van der Waals surface area (Å²) in [5, 5.41) is 6.60. The minimum absolute atomic E-state index is 0.814. The van der Waals surface area contributed by atoms with Crippen LogP contribution in [0.3, 0.4) is 0 Å². The van der Waals surface area contributed by atoms with Crippen LogP contribution in [0.2, 0.25) is 0 Å². The fourth-order valence-electron chi connectivity index (χ4n) is 2.53. The Morgan fingerprint density at radius 2 is 2.33 bits per heavy atom. The molecule has 5 heteroatoms. The average molecular weight is 256 g/mol. The molecule has 0 saturated carbocycles. The largest absolute Gasteiger partial charge is 0.241 e. The van der Waals surface area contributed by atoms with E-state index in [1.807, 2.05) is 4.52 Å². The highest BCUT2D eigenvalue weighted by Crippen LogP contribution is 2.23. The zero-order chi connectivity index (χ0) is 11.9. The van der Waals surface area contributed by atoms with E-state index in [1.165, 1.54) is 22.6 Å². The highest BCUT2D eigenvalue weighted by Gasteiger charge is 2.18. The number of aromatic nitrogens is 4. The number of nitrogens with zero attached hydrogens (tertiary/aromatic N) is 4. The summed E-state index contributed by atoms with van der Waals surface area (Å²) >= 11 is 1.75. The van der Waals surface area contributed by atoms with Crippen molar-refractivity contribution < 1.29 is 0 Å². The lowest BCUT2D eigenvalue weighted by Gasteiger charge is -1.97. The monoisotopic (exact) mass is 256 g/mol. The topological polar surface area (TPSA) is 43.1 Å². The van der Waals surface area contributed by atoms with Crippen molar-refractivity contribution in [2.75, 3.05) is 0 Å². The van der Waals surface area contributed by atoms with Crippen LogP contribution in [0.25, 0.3) is 5.65 Å². The van der Waals surface area contributed by atoms with Gasteiger partial charge in [0.15, 0.2) is 11.5 Å². The Morgan fingerprint density at radius 1 is 1.33 bits per heavy atom. The van der Waals surface area contributed by atoms with Crippen LogP contribution in [0.5, 0.6) is 0 Å². The van der Waals surface area contributed by atoms with Crippen LogP contribution >= 0.6 is 11.3 Å². The minimum Gasteiger partial charge on any atom is -0.241 e. The molecular weight excluding hydrogens is 244 g/mol. The van der Waals surface area contributed by atoms with Crippen LogP contribution in [0, 0.1) is 0 Å². The van der Waals surface area contributed by atoms with Gasteiger partial charge in [0, 0.05) is 22.6 Å². The van der Waals surface area contributed by atoms with Crippen molar-refractivity contribution in [1.82, 2.24) is 19.6 Å². The second-order valence-electron chi connectivity index (χ2n) is 4.58. The second-order valence-corrected chi connectivity index (χ2v) is 5.61. The van der Waals surface area contributed by atoms with Crippen LogP contribution in [0.4, 0.5) is 0 Å². The van der Waals surface area contributed by atoms with Crippen molar-refractivity contribution in [2.24, 2.45) is 0 Å². The first-order valence-corrected chi connectivity index (χ1v) is 7.02. The van der Waals surface area contributed by atoms with Gasteiger partial charge in [0.25, 0.3) is 0 Å². The quantitative estimate of drug-likeness (QED) is 0.706. The van der Waals surface area contributed by atoms with Crippen molar-refractivity contribution >= 4 is 17.0 Å². The Morgan fingerprint density at radius 3 is 3.22 bits per heavy atom. The van der Waals surface area contributed by atoms with Crippen LogP contribution in [-0.2, 0) is 19.3 Å². The van der Waals surface area contributed by atoms with Crippen LogP contribution in [-0.4, -0.2) is 19.6 Å². The molecule has 0 fully saturated rings. The number of fused-ring (bicyclic) bond motifs is 3. The average Bonchev–Trinajstić information content (AvgIpc) is 3.06. The summed E-state index contributed by atoms with van der Waals surface area (Å²) in [4.78, 5) is 10.4. The molecule has 4 rings (SSSR count). The Hall–Kier alpha value is -1.75. The van der Waals surface area contributed by atoms with Crippen molar-refractivity contribution in [1.29, 1.82) is 0 Å². The number of hydrogen-bond acceptors (Lipinski definition) is 4. The number of rotatable bonds is 2. The van der Waals surface area contributed by atoms with Gasteiger partial charge in [-0.05, 0) is 30.7 Å². The molecule has 0 amide bonds. The van der Waals surface area contributed by atoms with E-state index in [9.17, 15) is 0 Å². The van der Waals surface area contributed by atoms with Gasteiger partial charge in [-0.15, -0.1) is 16.4 Å². The molecule has 0 aromatic carbocycles. The van der Waals surface area contributed by atoms with Gasteiger partial charge in [-0.25, -0.2) is 14.5 Å². The smallest absolute Gasteiger partial charge is 0.162 e. The first-order valence-electron chi connectivity index (χ1n) is 6.14. The first-order chi connectivity index (χ1) is 8.90. The maximum Gasteiger partial charge on any atom is 0.162 e. The molecule has 0 N–H and O–H groups in total. The zero-order valence-corrected chi connectivity index (χ0v) is 10.7. The Kier molecular flexibility index (Phi) is 2.20. The highest BCUT2D eigenvalue weighted by atomic mass is 32.1. The van der Waals surface area contributed by atoms with E-state index in [2.05, 4.69) is 32.6 Å². The van der Waals surface area contributed by atoms with E-state index in [0.29, 0.717) is 0 Å². The van der Waals surface area contributed by atoms with E-state index >= 15 is 0 Å². The molecule has 0 saturated heterocycles. The van der Waals surface area contributed by atoms with Gasteiger partial charge in [-0.3, -0.25) is 0 Å². The van der Waals surface area contributed by atoms with Crippen LogP contribution in [0.1, 0.15) is 28.4 Å². The number of hydrogen-bond donors (Lipinski definition) is 0. The summed E-state index contributed by atoms with van der Waals surface area (Å²) in [5.41, 5.74) is 3.50. The second kappa shape index (κ2) is 3.88. The molecule has 3 aromatic rings. The number of aryl methyl sites for hydroxylation is 2. The normalized spacial score (nSPS) is 14.2. The van der Waals surface area contributed by atoms with Gasteiger partial charge in [0.05, 0.1) is 0 Å². The molecular formula is C13H12N4S. The standard InChI is InChI=1S/C13H12N4S/c1-4-10-11(5-1)14-8-17-13(10)15-12(16-17)7-9-3-2-6-18-9/h2-3,6,8H,1,4-5,7H2. The fraction of sp³-hybridized carbons (Fsp3) is 0.308. The summed E-state index contributed by atoms with van der Waals surface area (Å²) in [6.07, 6.45) is 5.97. The molecule has 0 unspecified atom stereocenters. The summed E-state index contributed by atoms with van der Waals surface area (Å²) in [7, 11) is 0. The molecule has 0 aliphatic heterocycles.